The summed E-state index contributed by atoms with van der Waals surface area (Å²) in [5, 5.41) is 12.6. The van der Waals surface area contributed by atoms with Gasteiger partial charge >= 0.3 is 0 Å². The van der Waals surface area contributed by atoms with Gasteiger partial charge in [0.2, 0.25) is 0 Å². The molecule has 0 aliphatic heterocycles. The molecule has 96 valence electrons. The fourth-order valence-corrected chi connectivity index (χ4v) is 1.51. The number of hydrogen-bond acceptors (Lipinski definition) is 3. The van der Waals surface area contributed by atoms with E-state index in [1.165, 1.54) is 5.56 Å². The molecule has 1 aromatic rings. The average molecular weight is 237 g/mol. The third-order valence-corrected chi connectivity index (χ3v) is 2.76. The minimum absolute atomic E-state index is 0.100. The predicted molar refractivity (Wildman–Crippen MR) is 70.3 cm³/mol. The van der Waals surface area contributed by atoms with Crippen LogP contribution in [-0.4, -0.2) is 24.0 Å². The van der Waals surface area contributed by atoms with Crippen LogP contribution in [0.15, 0.2) is 18.2 Å². The Bertz CT molecular complexity index is 352. The van der Waals surface area contributed by atoms with Crippen molar-refractivity contribution in [3.05, 3.63) is 29.3 Å². The number of ether oxygens (including phenoxy) is 1. The first-order valence-electron chi connectivity index (χ1n) is 6.18. The summed E-state index contributed by atoms with van der Waals surface area (Å²) in [6.07, 6.45) is 0.347. The van der Waals surface area contributed by atoms with Crippen LogP contribution < -0.4 is 10.1 Å². The third-order valence-electron chi connectivity index (χ3n) is 2.76. The standard InChI is InChI=1S/C14H23NO2/c1-5-13(16)9-15-12(4)17-14-8-10(2)6-7-11(14)3/h6-8,12-13,15-16H,5,9H2,1-4H3. The van der Waals surface area contributed by atoms with E-state index < -0.39 is 0 Å². The number of rotatable bonds is 6. The molecule has 1 rings (SSSR count). The smallest absolute Gasteiger partial charge is 0.147 e. The highest BCUT2D eigenvalue weighted by Crippen LogP contribution is 2.19. The van der Waals surface area contributed by atoms with Gasteiger partial charge in [-0.15, -0.1) is 0 Å². The Kier molecular flexibility index (Phi) is 5.45. The van der Waals surface area contributed by atoms with Gasteiger partial charge in [-0.1, -0.05) is 19.1 Å². The largest absolute Gasteiger partial charge is 0.475 e. The van der Waals surface area contributed by atoms with E-state index in [9.17, 15) is 5.11 Å². The van der Waals surface area contributed by atoms with Crippen molar-refractivity contribution in [1.82, 2.24) is 5.32 Å². The Morgan fingerprint density at radius 2 is 2.06 bits per heavy atom. The normalized spacial score (nSPS) is 14.4. The number of aliphatic hydroxyl groups is 1. The molecule has 2 N–H and O–H groups in total. The van der Waals surface area contributed by atoms with E-state index in [0.29, 0.717) is 6.54 Å². The Morgan fingerprint density at radius 3 is 2.71 bits per heavy atom. The lowest BCUT2D eigenvalue weighted by Gasteiger charge is -2.19. The molecule has 0 aliphatic rings. The fraction of sp³-hybridized carbons (Fsp3) is 0.571. The Morgan fingerprint density at radius 1 is 1.35 bits per heavy atom. The summed E-state index contributed by atoms with van der Waals surface area (Å²) in [6.45, 7) is 8.54. The molecular weight excluding hydrogens is 214 g/mol. The van der Waals surface area contributed by atoms with Gasteiger partial charge in [0, 0.05) is 6.54 Å². The molecule has 0 amide bonds. The number of aliphatic hydroxyl groups excluding tert-OH is 1. The van der Waals surface area contributed by atoms with Gasteiger partial charge in [-0.25, -0.2) is 0 Å². The van der Waals surface area contributed by atoms with Gasteiger partial charge in [-0.2, -0.15) is 0 Å². The van der Waals surface area contributed by atoms with E-state index in [2.05, 4.69) is 17.4 Å². The number of benzene rings is 1. The molecule has 0 heterocycles. The lowest BCUT2D eigenvalue weighted by molar-refractivity contribution is 0.124. The SMILES string of the molecule is CCC(O)CNC(C)Oc1cc(C)ccc1C. The van der Waals surface area contributed by atoms with Crippen molar-refractivity contribution in [3.63, 3.8) is 0 Å². The van der Waals surface area contributed by atoms with Crippen molar-refractivity contribution in [3.8, 4) is 5.75 Å². The second-order valence-electron chi connectivity index (χ2n) is 4.50. The topological polar surface area (TPSA) is 41.5 Å². The zero-order valence-corrected chi connectivity index (χ0v) is 11.2. The molecule has 3 heteroatoms. The molecule has 0 bridgehead atoms. The quantitative estimate of drug-likeness (QED) is 0.746. The predicted octanol–water partition coefficient (Wildman–Crippen LogP) is 2.39. The number of nitrogens with one attached hydrogen (secondary N) is 1. The van der Waals surface area contributed by atoms with Gasteiger partial charge in [0.15, 0.2) is 0 Å². The van der Waals surface area contributed by atoms with Crippen LogP contribution in [0, 0.1) is 13.8 Å². The summed E-state index contributed by atoms with van der Waals surface area (Å²) in [4.78, 5) is 0. The third kappa shape index (κ3) is 4.75. The number of hydrogen-bond donors (Lipinski definition) is 2. The van der Waals surface area contributed by atoms with Crippen LogP contribution in [-0.2, 0) is 0 Å². The summed E-state index contributed by atoms with van der Waals surface area (Å²) in [5.41, 5.74) is 2.31. The molecule has 0 aromatic heterocycles. The molecule has 1 aromatic carbocycles. The van der Waals surface area contributed by atoms with Crippen molar-refractivity contribution in [1.29, 1.82) is 0 Å². The van der Waals surface area contributed by atoms with Gasteiger partial charge in [-0.05, 0) is 44.4 Å². The van der Waals surface area contributed by atoms with Crippen LogP contribution in [0.4, 0.5) is 0 Å². The highest BCUT2D eigenvalue weighted by atomic mass is 16.5. The first-order chi connectivity index (χ1) is 8.02. The summed E-state index contributed by atoms with van der Waals surface area (Å²) >= 11 is 0. The van der Waals surface area contributed by atoms with Crippen molar-refractivity contribution in [2.45, 2.75) is 46.4 Å². The Labute approximate surface area is 104 Å². The van der Waals surface area contributed by atoms with Crippen LogP contribution in [0.5, 0.6) is 5.75 Å². The molecular formula is C14H23NO2. The van der Waals surface area contributed by atoms with Crippen LogP contribution in [0.1, 0.15) is 31.4 Å². The monoisotopic (exact) mass is 237 g/mol. The molecule has 2 unspecified atom stereocenters. The summed E-state index contributed by atoms with van der Waals surface area (Å²) < 4.78 is 5.80. The van der Waals surface area contributed by atoms with Crippen LogP contribution in [0.25, 0.3) is 0 Å². The summed E-state index contributed by atoms with van der Waals surface area (Å²) in [6, 6.07) is 6.16. The maximum absolute atomic E-state index is 9.45. The van der Waals surface area contributed by atoms with Gasteiger partial charge < -0.3 is 9.84 Å². The van der Waals surface area contributed by atoms with E-state index in [1.54, 1.807) is 0 Å². The van der Waals surface area contributed by atoms with Crippen molar-refractivity contribution >= 4 is 0 Å². The van der Waals surface area contributed by atoms with Gasteiger partial charge in [0.25, 0.3) is 0 Å². The number of aryl methyl sites for hydroxylation is 2. The zero-order valence-electron chi connectivity index (χ0n) is 11.2. The van der Waals surface area contributed by atoms with Crippen molar-refractivity contribution in [2.24, 2.45) is 0 Å². The van der Waals surface area contributed by atoms with Crippen molar-refractivity contribution < 1.29 is 9.84 Å². The van der Waals surface area contributed by atoms with E-state index in [-0.39, 0.29) is 12.3 Å². The molecule has 0 spiro atoms. The Balaban J connectivity index is 2.50. The van der Waals surface area contributed by atoms with E-state index >= 15 is 0 Å². The lowest BCUT2D eigenvalue weighted by atomic mass is 10.1. The highest BCUT2D eigenvalue weighted by Gasteiger charge is 2.08. The molecule has 2 atom stereocenters. The van der Waals surface area contributed by atoms with Crippen LogP contribution >= 0.6 is 0 Å². The highest BCUT2D eigenvalue weighted by molar-refractivity contribution is 5.36. The summed E-state index contributed by atoms with van der Waals surface area (Å²) in [7, 11) is 0. The van der Waals surface area contributed by atoms with Crippen LogP contribution in [0.3, 0.4) is 0 Å². The first-order valence-corrected chi connectivity index (χ1v) is 6.18. The van der Waals surface area contributed by atoms with E-state index in [1.807, 2.05) is 33.8 Å². The fourth-order valence-electron chi connectivity index (χ4n) is 1.51. The minimum atomic E-state index is -0.306. The Hall–Kier alpha value is -1.06. The molecule has 0 saturated carbocycles. The van der Waals surface area contributed by atoms with Gasteiger partial charge in [-0.3, -0.25) is 5.32 Å². The molecule has 0 fully saturated rings. The molecule has 0 aliphatic carbocycles. The van der Waals surface area contributed by atoms with Gasteiger partial charge in [0.1, 0.15) is 12.0 Å². The molecule has 3 nitrogen and oxygen atoms in total. The second-order valence-corrected chi connectivity index (χ2v) is 4.50. The van der Waals surface area contributed by atoms with Crippen molar-refractivity contribution in [2.75, 3.05) is 6.54 Å². The van der Waals surface area contributed by atoms with Crippen LogP contribution in [0.2, 0.25) is 0 Å². The zero-order chi connectivity index (χ0) is 12.8. The minimum Gasteiger partial charge on any atom is -0.475 e. The van der Waals surface area contributed by atoms with E-state index in [0.717, 1.165) is 17.7 Å². The summed E-state index contributed by atoms with van der Waals surface area (Å²) in [5.74, 6) is 0.899. The van der Waals surface area contributed by atoms with Gasteiger partial charge in [0.05, 0.1) is 6.10 Å². The van der Waals surface area contributed by atoms with E-state index in [4.69, 9.17) is 4.74 Å². The molecule has 0 saturated heterocycles. The first kappa shape index (κ1) is 14.0. The average Bonchev–Trinajstić information content (AvgIpc) is 2.30. The second kappa shape index (κ2) is 6.62. The molecule has 17 heavy (non-hydrogen) atoms. The maximum Gasteiger partial charge on any atom is 0.147 e. The lowest BCUT2D eigenvalue weighted by Crippen LogP contribution is -2.37. The maximum atomic E-state index is 9.45. The molecule has 0 radical (unpaired) electrons.